The molecule has 3 aromatic carbocycles. The number of hydrogen-bond acceptors (Lipinski definition) is 4. The van der Waals surface area contributed by atoms with E-state index in [2.05, 4.69) is 41.9 Å². The Morgan fingerprint density at radius 2 is 1.94 bits per heavy atom. The van der Waals surface area contributed by atoms with E-state index in [9.17, 15) is 9.18 Å². The molecule has 0 radical (unpaired) electrons. The van der Waals surface area contributed by atoms with Gasteiger partial charge < -0.3 is 4.74 Å². The quantitative estimate of drug-likeness (QED) is 0.216. The molecule has 0 aliphatic heterocycles. The van der Waals surface area contributed by atoms with E-state index in [1.54, 1.807) is 42.5 Å². The summed E-state index contributed by atoms with van der Waals surface area (Å²) in [5, 5.41) is 5.35. The first-order chi connectivity index (χ1) is 16.2. The van der Waals surface area contributed by atoms with Crippen molar-refractivity contribution >= 4 is 60.6 Å². The summed E-state index contributed by atoms with van der Waals surface area (Å²) >= 11 is 13.1. The monoisotopic (exact) mass is 605 g/mol. The van der Waals surface area contributed by atoms with Crippen molar-refractivity contribution in [1.82, 2.24) is 9.66 Å². The molecule has 0 unspecified atom stereocenters. The third-order valence-electron chi connectivity index (χ3n) is 5.03. The standard InChI is InChI=1S/C25H19Br2ClFN3O2/c1-14(2)24-31-22-8-7-17(26)10-19(22)25(33)32(24)30-12-16-9-18(28)11-20(27)23(16)34-13-15-5-3-4-6-21(15)29/h3-12,14H,13H2,1-2H3. The highest BCUT2D eigenvalue weighted by Gasteiger charge is 2.15. The second kappa shape index (κ2) is 10.4. The van der Waals surface area contributed by atoms with E-state index in [4.69, 9.17) is 16.3 Å². The summed E-state index contributed by atoms with van der Waals surface area (Å²) in [4.78, 5) is 17.9. The molecule has 1 aromatic heterocycles. The predicted octanol–water partition coefficient (Wildman–Crippen LogP) is 7.30. The molecule has 9 heteroatoms. The summed E-state index contributed by atoms with van der Waals surface area (Å²) in [6.07, 6.45) is 1.49. The van der Waals surface area contributed by atoms with Crippen LogP contribution < -0.4 is 10.3 Å². The molecule has 0 amide bonds. The van der Waals surface area contributed by atoms with Crippen molar-refractivity contribution < 1.29 is 9.13 Å². The average Bonchev–Trinajstić information content (AvgIpc) is 2.79. The molecule has 0 saturated heterocycles. The van der Waals surface area contributed by atoms with Crippen LogP contribution in [0.3, 0.4) is 0 Å². The van der Waals surface area contributed by atoms with Gasteiger partial charge in [-0.2, -0.15) is 9.78 Å². The number of fused-ring (bicyclic) bond motifs is 1. The lowest BCUT2D eigenvalue weighted by atomic mass is 10.2. The van der Waals surface area contributed by atoms with Gasteiger partial charge in [0.2, 0.25) is 0 Å². The number of rotatable bonds is 6. The lowest BCUT2D eigenvalue weighted by Gasteiger charge is -2.14. The van der Waals surface area contributed by atoms with Crippen LogP contribution in [0.15, 0.2) is 73.4 Å². The largest absolute Gasteiger partial charge is 0.487 e. The Morgan fingerprint density at radius 1 is 1.18 bits per heavy atom. The zero-order chi connectivity index (χ0) is 24.4. The molecular weight excluding hydrogens is 589 g/mol. The number of nitrogens with zero attached hydrogens (tertiary/aromatic N) is 3. The lowest BCUT2D eigenvalue weighted by molar-refractivity contribution is 0.297. The molecule has 0 aliphatic rings. The Kier molecular flexibility index (Phi) is 7.50. The molecule has 5 nitrogen and oxygen atoms in total. The lowest BCUT2D eigenvalue weighted by Crippen LogP contribution is -2.23. The maximum Gasteiger partial charge on any atom is 0.282 e. The van der Waals surface area contributed by atoms with Crippen molar-refractivity contribution in [3.8, 4) is 5.75 Å². The van der Waals surface area contributed by atoms with E-state index in [1.165, 1.54) is 17.0 Å². The number of ether oxygens (including phenoxy) is 1. The van der Waals surface area contributed by atoms with Gasteiger partial charge in [-0.05, 0) is 52.3 Å². The van der Waals surface area contributed by atoms with E-state index in [0.717, 1.165) is 4.47 Å². The van der Waals surface area contributed by atoms with Gasteiger partial charge in [-0.3, -0.25) is 4.79 Å². The molecule has 0 aliphatic carbocycles. The molecule has 0 fully saturated rings. The summed E-state index contributed by atoms with van der Waals surface area (Å²) in [6.45, 7) is 3.89. The Bertz CT molecular complexity index is 1470. The SMILES string of the molecule is CC(C)c1nc2ccc(Br)cc2c(=O)n1N=Cc1cc(Cl)cc(Br)c1OCc1ccccc1F. The third-order valence-corrected chi connectivity index (χ3v) is 6.33. The molecule has 0 spiro atoms. The number of aromatic nitrogens is 2. The fourth-order valence-corrected chi connectivity index (χ4v) is 4.67. The molecule has 0 saturated carbocycles. The van der Waals surface area contributed by atoms with Crippen LogP contribution in [-0.2, 0) is 6.61 Å². The van der Waals surface area contributed by atoms with Gasteiger partial charge in [0.05, 0.1) is 21.6 Å². The molecule has 0 atom stereocenters. The van der Waals surface area contributed by atoms with Crippen molar-refractivity contribution in [2.24, 2.45) is 5.10 Å². The second-order valence-corrected chi connectivity index (χ2v) is 10.0. The van der Waals surface area contributed by atoms with Gasteiger partial charge in [-0.1, -0.05) is 59.6 Å². The zero-order valence-electron chi connectivity index (χ0n) is 18.2. The minimum Gasteiger partial charge on any atom is -0.487 e. The summed E-state index contributed by atoms with van der Waals surface area (Å²) < 4.78 is 22.6. The first-order valence-electron chi connectivity index (χ1n) is 10.4. The fourth-order valence-electron chi connectivity index (χ4n) is 3.36. The van der Waals surface area contributed by atoms with Crippen molar-refractivity contribution in [2.45, 2.75) is 26.4 Å². The first kappa shape index (κ1) is 24.6. The molecule has 174 valence electrons. The number of hydrogen-bond donors (Lipinski definition) is 0. The number of halogens is 4. The van der Waals surface area contributed by atoms with E-state index >= 15 is 0 Å². The van der Waals surface area contributed by atoms with Crippen LogP contribution >= 0.6 is 43.5 Å². The Balaban J connectivity index is 1.78. The van der Waals surface area contributed by atoms with Crippen molar-refractivity contribution in [1.29, 1.82) is 0 Å². The van der Waals surface area contributed by atoms with E-state index in [1.807, 2.05) is 19.9 Å². The summed E-state index contributed by atoms with van der Waals surface area (Å²) in [5.74, 6) is 0.531. The van der Waals surface area contributed by atoms with Gasteiger partial charge in [-0.25, -0.2) is 9.37 Å². The summed E-state index contributed by atoms with van der Waals surface area (Å²) in [6, 6.07) is 15.1. The molecule has 0 bridgehead atoms. The zero-order valence-corrected chi connectivity index (χ0v) is 22.2. The molecule has 34 heavy (non-hydrogen) atoms. The Labute approximate surface area is 217 Å². The van der Waals surface area contributed by atoms with Crippen LogP contribution in [0.25, 0.3) is 10.9 Å². The molecular formula is C25H19Br2ClFN3O2. The summed E-state index contributed by atoms with van der Waals surface area (Å²) in [5.41, 5.74) is 1.24. The van der Waals surface area contributed by atoms with Crippen molar-refractivity contribution in [3.63, 3.8) is 0 Å². The first-order valence-corrected chi connectivity index (χ1v) is 12.3. The van der Waals surface area contributed by atoms with Crippen LogP contribution in [-0.4, -0.2) is 15.9 Å². The predicted molar refractivity (Wildman–Crippen MR) is 141 cm³/mol. The highest BCUT2D eigenvalue weighted by molar-refractivity contribution is 9.10. The molecule has 0 N–H and O–H groups in total. The maximum absolute atomic E-state index is 14.1. The van der Waals surface area contributed by atoms with E-state index < -0.39 is 0 Å². The van der Waals surface area contributed by atoms with Crippen LogP contribution in [0.2, 0.25) is 5.02 Å². The fraction of sp³-hybridized carbons (Fsp3) is 0.160. The van der Waals surface area contributed by atoms with E-state index in [-0.39, 0.29) is 23.9 Å². The Morgan fingerprint density at radius 3 is 2.68 bits per heavy atom. The highest BCUT2D eigenvalue weighted by Crippen LogP contribution is 2.33. The van der Waals surface area contributed by atoms with Gasteiger partial charge in [-0.15, -0.1) is 0 Å². The average molecular weight is 608 g/mol. The van der Waals surface area contributed by atoms with Crippen LogP contribution in [0.5, 0.6) is 5.75 Å². The van der Waals surface area contributed by atoms with Crippen molar-refractivity contribution in [2.75, 3.05) is 0 Å². The van der Waals surface area contributed by atoms with Gasteiger partial charge in [0.15, 0.2) is 0 Å². The van der Waals surface area contributed by atoms with Crippen LogP contribution in [0, 0.1) is 5.82 Å². The van der Waals surface area contributed by atoms with Crippen LogP contribution in [0.1, 0.15) is 36.7 Å². The Hall–Kier alpha value is -2.55. The van der Waals surface area contributed by atoms with Crippen molar-refractivity contribution in [3.05, 3.63) is 102 Å². The van der Waals surface area contributed by atoms with E-state index in [0.29, 0.717) is 43.1 Å². The molecule has 1 heterocycles. The second-order valence-electron chi connectivity index (χ2n) is 7.83. The molecule has 4 aromatic rings. The topological polar surface area (TPSA) is 56.5 Å². The van der Waals surface area contributed by atoms with Gasteiger partial charge in [0, 0.05) is 26.5 Å². The van der Waals surface area contributed by atoms with Gasteiger partial charge in [0.25, 0.3) is 5.56 Å². The smallest absolute Gasteiger partial charge is 0.282 e. The van der Waals surface area contributed by atoms with Gasteiger partial charge >= 0.3 is 0 Å². The summed E-state index contributed by atoms with van der Waals surface area (Å²) in [7, 11) is 0. The van der Waals surface area contributed by atoms with Gasteiger partial charge in [0.1, 0.15) is 24.0 Å². The molecule has 4 rings (SSSR count). The minimum absolute atomic E-state index is 0.0104. The van der Waals surface area contributed by atoms with Crippen LogP contribution in [0.4, 0.5) is 4.39 Å². The normalized spacial score (nSPS) is 11.6. The minimum atomic E-state index is -0.357. The highest BCUT2D eigenvalue weighted by atomic mass is 79.9. The number of benzene rings is 3. The maximum atomic E-state index is 14.1. The third kappa shape index (κ3) is 5.24.